The zero-order chi connectivity index (χ0) is 16.4. The van der Waals surface area contributed by atoms with E-state index in [-0.39, 0.29) is 6.04 Å². The standard InChI is InChI=1S/C19H24N4/c1-13(2)17(19-21-10-11-23(19)4)22-12-15-8-7-14(3)16-6-5-9-20-18(15)16/h5-11,13,17,22H,12H2,1-4H3. The molecule has 0 spiro atoms. The maximum absolute atomic E-state index is 4.58. The minimum absolute atomic E-state index is 0.218. The fourth-order valence-corrected chi connectivity index (χ4v) is 3.04. The number of nitrogens with zero attached hydrogens (tertiary/aromatic N) is 3. The number of imidazole rings is 1. The molecule has 0 fully saturated rings. The van der Waals surface area contributed by atoms with Gasteiger partial charge in [0.25, 0.3) is 0 Å². The molecule has 1 atom stereocenters. The van der Waals surface area contributed by atoms with Gasteiger partial charge in [-0.3, -0.25) is 4.98 Å². The van der Waals surface area contributed by atoms with Gasteiger partial charge in [-0.1, -0.05) is 32.0 Å². The number of fused-ring (bicyclic) bond motifs is 1. The molecule has 1 aromatic carbocycles. The molecule has 2 aromatic heterocycles. The van der Waals surface area contributed by atoms with Gasteiger partial charge in [0, 0.05) is 37.6 Å². The third-order valence-electron chi connectivity index (χ3n) is 4.39. The van der Waals surface area contributed by atoms with E-state index in [1.807, 2.05) is 31.7 Å². The molecular weight excluding hydrogens is 284 g/mol. The van der Waals surface area contributed by atoms with Crippen LogP contribution < -0.4 is 5.32 Å². The highest BCUT2D eigenvalue weighted by atomic mass is 15.1. The second kappa shape index (κ2) is 6.50. The van der Waals surface area contributed by atoms with Gasteiger partial charge in [0.1, 0.15) is 5.82 Å². The van der Waals surface area contributed by atoms with Crippen molar-refractivity contribution in [1.29, 1.82) is 0 Å². The second-order valence-corrected chi connectivity index (χ2v) is 6.44. The minimum atomic E-state index is 0.218. The molecule has 2 heterocycles. The molecule has 4 heteroatoms. The van der Waals surface area contributed by atoms with E-state index in [1.54, 1.807) is 0 Å². The van der Waals surface area contributed by atoms with Crippen molar-refractivity contribution in [2.45, 2.75) is 33.4 Å². The van der Waals surface area contributed by atoms with E-state index in [4.69, 9.17) is 0 Å². The first-order valence-corrected chi connectivity index (χ1v) is 8.11. The van der Waals surface area contributed by atoms with Crippen molar-refractivity contribution in [2.24, 2.45) is 13.0 Å². The lowest BCUT2D eigenvalue weighted by Crippen LogP contribution is -2.28. The van der Waals surface area contributed by atoms with Crippen LogP contribution in [0.2, 0.25) is 0 Å². The molecule has 0 amide bonds. The molecule has 1 N–H and O–H groups in total. The van der Waals surface area contributed by atoms with Crippen LogP contribution in [0.25, 0.3) is 10.9 Å². The van der Waals surface area contributed by atoms with Gasteiger partial charge in [-0.2, -0.15) is 0 Å². The summed E-state index contributed by atoms with van der Waals surface area (Å²) in [5, 5.41) is 4.89. The van der Waals surface area contributed by atoms with Crippen molar-refractivity contribution in [3.63, 3.8) is 0 Å². The molecule has 0 aliphatic carbocycles. The lowest BCUT2D eigenvalue weighted by Gasteiger charge is -2.22. The largest absolute Gasteiger partial charge is 0.337 e. The zero-order valence-corrected chi connectivity index (χ0v) is 14.2. The van der Waals surface area contributed by atoms with Crippen LogP contribution >= 0.6 is 0 Å². The van der Waals surface area contributed by atoms with Gasteiger partial charge in [-0.25, -0.2) is 4.98 Å². The average Bonchev–Trinajstić information content (AvgIpc) is 2.96. The molecule has 0 bridgehead atoms. The van der Waals surface area contributed by atoms with Gasteiger partial charge in [-0.15, -0.1) is 0 Å². The molecule has 1 unspecified atom stereocenters. The lowest BCUT2D eigenvalue weighted by atomic mass is 10.0. The van der Waals surface area contributed by atoms with E-state index in [2.05, 4.69) is 58.8 Å². The molecule has 4 nitrogen and oxygen atoms in total. The number of rotatable bonds is 5. The summed E-state index contributed by atoms with van der Waals surface area (Å²) in [4.78, 5) is 9.10. The van der Waals surface area contributed by atoms with E-state index < -0.39 is 0 Å². The van der Waals surface area contributed by atoms with Crippen LogP contribution in [0.5, 0.6) is 0 Å². The Balaban J connectivity index is 1.87. The summed E-state index contributed by atoms with van der Waals surface area (Å²) in [5.74, 6) is 1.53. The average molecular weight is 308 g/mol. The van der Waals surface area contributed by atoms with Gasteiger partial charge >= 0.3 is 0 Å². The lowest BCUT2D eigenvalue weighted by molar-refractivity contribution is 0.385. The Morgan fingerprint density at radius 1 is 1.13 bits per heavy atom. The van der Waals surface area contributed by atoms with Crippen molar-refractivity contribution in [2.75, 3.05) is 0 Å². The van der Waals surface area contributed by atoms with Crippen molar-refractivity contribution < 1.29 is 0 Å². The maximum atomic E-state index is 4.58. The summed E-state index contributed by atoms with van der Waals surface area (Å²) in [6.45, 7) is 7.35. The van der Waals surface area contributed by atoms with Crippen LogP contribution in [0.15, 0.2) is 42.9 Å². The summed E-state index contributed by atoms with van der Waals surface area (Å²) in [6, 6.07) is 8.70. The molecule has 3 rings (SSSR count). The van der Waals surface area contributed by atoms with Crippen LogP contribution in [0, 0.1) is 12.8 Å². The fourth-order valence-electron chi connectivity index (χ4n) is 3.04. The molecule has 0 radical (unpaired) electrons. The number of pyridine rings is 1. The van der Waals surface area contributed by atoms with E-state index in [9.17, 15) is 0 Å². The Labute approximate surface area is 137 Å². The highest BCUT2D eigenvalue weighted by molar-refractivity contribution is 5.84. The van der Waals surface area contributed by atoms with E-state index in [0.29, 0.717) is 5.92 Å². The van der Waals surface area contributed by atoms with E-state index in [0.717, 1.165) is 17.9 Å². The van der Waals surface area contributed by atoms with Crippen LogP contribution in [-0.2, 0) is 13.6 Å². The topological polar surface area (TPSA) is 42.7 Å². The normalized spacial score (nSPS) is 12.9. The summed E-state index contributed by atoms with van der Waals surface area (Å²) >= 11 is 0. The fraction of sp³-hybridized carbons (Fsp3) is 0.368. The van der Waals surface area contributed by atoms with Gasteiger partial charge in [0.15, 0.2) is 0 Å². The maximum Gasteiger partial charge on any atom is 0.125 e. The monoisotopic (exact) mass is 308 g/mol. The smallest absolute Gasteiger partial charge is 0.125 e. The minimum Gasteiger partial charge on any atom is -0.337 e. The van der Waals surface area contributed by atoms with Gasteiger partial charge in [0.05, 0.1) is 11.6 Å². The highest BCUT2D eigenvalue weighted by Gasteiger charge is 2.19. The zero-order valence-electron chi connectivity index (χ0n) is 14.2. The van der Waals surface area contributed by atoms with Crippen LogP contribution in [-0.4, -0.2) is 14.5 Å². The Kier molecular flexibility index (Phi) is 4.44. The van der Waals surface area contributed by atoms with Gasteiger partial charge in [-0.05, 0) is 30.0 Å². The van der Waals surface area contributed by atoms with Crippen molar-refractivity contribution in [3.8, 4) is 0 Å². The molecular formula is C19H24N4. The number of aryl methyl sites for hydroxylation is 2. The second-order valence-electron chi connectivity index (χ2n) is 6.44. The van der Waals surface area contributed by atoms with Crippen molar-refractivity contribution in [3.05, 3.63) is 59.8 Å². The number of nitrogens with one attached hydrogen (secondary N) is 1. The molecule has 23 heavy (non-hydrogen) atoms. The predicted octanol–water partition coefficient (Wildman–Crippen LogP) is 3.76. The molecule has 0 aliphatic rings. The number of hydrogen-bond donors (Lipinski definition) is 1. The number of aromatic nitrogens is 3. The number of hydrogen-bond acceptors (Lipinski definition) is 3. The van der Waals surface area contributed by atoms with Crippen molar-refractivity contribution >= 4 is 10.9 Å². The summed E-state index contributed by atoms with van der Waals surface area (Å²) < 4.78 is 2.09. The third kappa shape index (κ3) is 3.13. The molecule has 120 valence electrons. The van der Waals surface area contributed by atoms with Gasteiger partial charge < -0.3 is 9.88 Å². The first kappa shape index (κ1) is 15.7. The highest BCUT2D eigenvalue weighted by Crippen LogP contribution is 2.23. The molecule has 3 aromatic rings. The van der Waals surface area contributed by atoms with Crippen LogP contribution in [0.1, 0.15) is 36.8 Å². The van der Waals surface area contributed by atoms with E-state index >= 15 is 0 Å². The summed E-state index contributed by atoms with van der Waals surface area (Å²) in [5.41, 5.74) is 3.58. The van der Waals surface area contributed by atoms with Gasteiger partial charge in [0.2, 0.25) is 0 Å². The summed E-state index contributed by atoms with van der Waals surface area (Å²) in [6.07, 6.45) is 5.72. The number of benzene rings is 1. The molecule has 0 saturated heterocycles. The summed E-state index contributed by atoms with van der Waals surface area (Å²) in [7, 11) is 2.04. The molecule has 0 saturated carbocycles. The predicted molar refractivity (Wildman–Crippen MR) is 94.1 cm³/mol. The van der Waals surface area contributed by atoms with E-state index in [1.165, 1.54) is 16.5 Å². The first-order chi connectivity index (χ1) is 11.1. The van der Waals surface area contributed by atoms with Crippen molar-refractivity contribution in [1.82, 2.24) is 19.9 Å². The Bertz CT molecular complexity index is 804. The SMILES string of the molecule is Cc1ccc(CNC(c2nccn2C)C(C)C)c2ncccc12. The first-order valence-electron chi connectivity index (χ1n) is 8.11. The quantitative estimate of drug-likeness (QED) is 0.780. The third-order valence-corrected chi connectivity index (χ3v) is 4.39. The molecule has 0 aliphatic heterocycles. The Morgan fingerprint density at radius 3 is 2.65 bits per heavy atom. The Morgan fingerprint density at radius 2 is 1.96 bits per heavy atom. The van der Waals surface area contributed by atoms with Crippen LogP contribution in [0.4, 0.5) is 0 Å². The Hall–Kier alpha value is -2.20. The van der Waals surface area contributed by atoms with Crippen LogP contribution in [0.3, 0.4) is 0 Å².